The minimum atomic E-state index is -1.81. The molecule has 0 aliphatic carbocycles. The standard InChI is InChI=1S/C10H10Br3NO3/c1-10(17,9(15)16)4-14-8-6(12)2-5(11)3-7(8)13/h2-3,14,17H,4H2,1H3,(H,15,16). The molecule has 0 heterocycles. The van der Waals surface area contributed by atoms with Crippen LogP contribution in [0.1, 0.15) is 6.92 Å². The number of carboxylic acid groups (broad SMARTS) is 1. The molecule has 0 saturated heterocycles. The van der Waals surface area contributed by atoms with Crippen LogP contribution in [0, 0.1) is 0 Å². The van der Waals surface area contributed by atoms with Crippen molar-refractivity contribution in [2.75, 3.05) is 11.9 Å². The molecular weight excluding hydrogens is 422 g/mol. The van der Waals surface area contributed by atoms with Crippen molar-refractivity contribution >= 4 is 59.4 Å². The molecule has 3 N–H and O–H groups in total. The Morgan fingerprint density at radius 1 is 1.35 bits per heavy atom. The molecule has 1 rings (SSSR count). The Morgan fingerprint density at radius 3 is 2.24 bits per heavy atom. The lowest BCUT2D eigenvalue weighted by atomic mass is 10.1. The van der Waals surface area contributed by atoms with E-state index in [2.05, 4.69) is 53.1 Å². The van der Waals surface area contributed by atoms with Crippen LogP contribution in [0.3, 0.4) is 0 Å². The highest BCUT2D eigenvalue weighted by molar-refractivity contribution is 9.11. The Kier molecular flexibility index (Phi) is 5.00. The van der Waals surface area contributed by atoms with Crippen LogP contribution in [0.25, 0.3) is 0 Å². The maximum absolute atomic E-state index is 10.7. The number of hydrogen-bond donors (Lipinski definition) is 3. The van der Waals surface area contributed by atoms with E-state index in [1.54, 1.807) is 0 Å². The summed E-state index contributed by atoms with van der Waals surface area (Å²) in [4.78, 5) is 10.7. The van der Waals surface area contributed by atoms with Gasteiger partial charge in [-0.3, -0.25) is 0 Å². The Bertz CT molecular complexity index is 425. The predicted molar refractivity (Wildman–Crippen MR) is 76.3 cm³/mol. The molecule has 17 heavy (non-hydrogen) atoms. The molecule has 1 aromatic carbocycles. The number of halogens is 3. The van der Waals surface area contributed by atoms with Crippen LogP contribution in [0.2, 0.25) is 0 Å². The zero-order chi connectivity index (χ0) is 13.2. The quantitative estimate of drug-likeness (QED) is 0.684. The van der Waals surface area contributed by atoms with Gasteiger partial charge < -0.3 is 15.5 Å². The maximum Gasteiger partial charge on any atom is 0.337 e. The van der Waals surface area contributed by atoms with E-state index in [0.29, 0.717) is 5.69 Å². The van der Waals surface area contributed by atoms with Crippen molar-refractivity contribution in [3.8, 4) is 0 Å². The van der Waals surface area contributed by atoms with Crippen molar-refractivity contribution in [3.05, 3.63) is 25.6 Å². The van der Waals surface area contributed by atoms with Gasteiger partial charge in [-0.15, -0.1) is 0 Å². The van der Waals surface area contributed by atoms with Crippen molar-refractivity contribution in [2.45, 2.75) is 12.5 Å². The highest BCUT2D eigenvalue weighted by Crippen LogP contribution is 2.34. The number of rotatable bonds is 4. The summed E-state index contributed by atoms with van der Waals surface area (Å²) in [7, 11) is 0. The van der Waals surface area contributed by atoms with Gasteiger partial charge in [0, 0.05) is 13.4 Å². The monoisotopic (exact) mass is 429 g/mol. The molecule has 0 aliphatic heterocycles. The molecule has 0 bridgehead atoms. The van der Waals surface area contributed by atoms with Crippen LogP contribution in [-0.2, 0) is 4.79 Å². The second-order valence-corrected chi connectivity index (χ2v) is 6.30. The molecular formula is C10H10Br3NO3. The lowest BCUT2D eigenvalue weighted by Gasteiger charge is -2.20. The van der Waals surface area contributed by atoms with E-state index < -0.39 is 11.6 Å². The number of nitrogens with one attached hydrogen (secondary N) is 1. The minimum Gasteiger partial charge on any atom is -0.479 e. The third-order valence-electron chi connectivity index (χ3n) is 2.08. The molecule has 0 amide bonds. The SMILES string of the molecule is CC(O)(CNc1c(Br)cc(Br)cc1Br)C(=O)O. The number of aliphatic hydroxyl groups is 1. The van der Waals surface area contributed by atoms with Gasteiger partial charge in [0.05, 0.1) is 12.2 Å². The molecule has 1 atom stereocenters. The summed E-state index contributed by atoms with van der Waals surface area (Å²) in [6, 6.07) is 3.64. The van der Waals surface area contributed by atoms with Crippen LogP contribution in [-0.4, -0.2) is 28.3 Å². The molecule has 0 aliphatic rings. The average Bonchev–Trinajstić information content (AvgIpc) is 2.15. The first-order valence-corrected chi connectivity index (χ1v) is 6.96. The van der Waals surface area contributed by atoms with E-state index in [-0.39, 0.29) is 6.54 Å². The van der Waals surface area contributed by atoms with Crippen LogP contribution in [0.15, 0.2) is 25.6 Å². The summed E-state index contributed by atoms with van der Waals surface area (Å²) in [6.07, 6.45) is 0. The van der Waals surface area contributed by atoms with Crippen LogP contribution < -0.4 is 5.32 Å². The predicted octanol–water partition coefficient (Wildman–Crippen LogP) is 3.22. The zero-order valence-corrected chi connectivity index (χ0v) is 13.6. The lowest BCUT2D eigenvalue weighted by Crippen LogP contribution is -2.41. The Balaban J connectivity index is 2.87. The van der Waals surface area contributed by atoms with Crippen molar-refractivity contribution < 1.29 is 15.0 Å². The van der Waals surface area contributed by atoms with Crippen molar-refractivity contribution in [2.24, 2.45) is 0 Å². The molecule has 7 heteroatoms. The fraction of sp³-hybridized carbons (Fsp3) is 0.300. The number of anilines is 1. The summed E-state index contributed by atoms with van der Waals surface area (Å²) in [5.74, 6) is -1.27. The first-order chi connectivity index (χ1) is 7.74. The molecule has 0 fully saturated rings. The van der Waals surface area contributed by atoms with Gasteiger partial charge >= 0.3 is 5.97 Å². The highest BCUT2D eigenvalue weighted by atomic mass is 79.9. The fourth-order valence-electron chi connectivity index (χ4n) is 1.05. The maximum atomic E-state index is 10.7. The van der Waals surface area contributed by atoms with Crippen LogP contribution in [0.4, 0.5) is 5.69 Å². The van der Waals surface area contributed by atoms with Crippen molar-refractivity contribution in [1.29, 1.82) is 0 Å². The van der Waals surface area contributed by atoms with E-state index in [4.69, 9.17) is 5.11 Å². The minimum absolute atomic E-state index is 0.0961. The van der Waals surface area contributed by atoms with E-state index >= 15 is 0 Å². The van der Waals surface area contributed by atoms with Gasteiger partial charge in [-0.1, -0.05) is 15.9 Å². The average molecular weight is 432 g/mol. The number of carboxylic acids is 1. The first kappa shape index (κ1) is 14.9. The second-order valence-electron chi connectivity index (χ2n) is 3.68. The third kappa shape index (κ3) is 3.94. The normalized spacial score (nSPS) is 14.2. The zero-order valence-electron chi connectivity index (χ0n) is 8.80. The van der Waals surface area contributed by atoms with Gasteiger partial charge in [-0.25, -0.2) is 4.79 Å². The highest BCUT2D eigenvalue weighted by Gasteiger charge is 2.29. The summed E-state index contributed by atoms with van der Waals surface area (Å²) in [6.45, 7) is 1.14. The smallest absolute Gasteiger partial charge is 0.337 e. The molecule has 0 radical (unpaired) electrons. The van der Waals surface area contributed by atoms with Gasteiger partial charge in [-0.05, 0) is 50.9 Å². The number of carbonyl (C=O) groups is 1. The Hall–Kier alpha value is -0.110. The van der Waals surface area contributed by atoms with E-state index in [0.717, 1.165) is 13.4 Å². The molecule has 4 nitrogen and oxygen atoms in total. The van der Waals surface area contributed by atoms with E-state index in [1.807, 2.05) is 12.1 Å². The van der Waals surface area contributed by atoms with Gasteiger partial charge in [0.2, 0.25) is 0 Å². The third-order valence-corrected chi connectivity index (χ3v) is 3.79. The van der Waals surface area contributed by atoms with Gasteiger partial charge in [-0.2, -0.15) is 0 Å². The van der Waals surface area contributed by atoms with Crippen LogP contribution in [0.5, 0.6) is 0 Å². The number of benzene rings is 1. The van der Waals surface area contributed by atoms with E-state index in [9.17, 15) is 9.90 Å². The fourth-order valence-corrected chi connectivity index (χ4v) is 3.59. The molecule has 0 aromatic heterocycles. The largest absolute Gasteiger partial charge is 0.479 e. The summed E-state index contributed by atoms with van der Waals surface area (Å²) in [5.41, 5.74) is -1.12. The molecule has 94 valence electrons. The van der Waals surface area contributed by atoms with Crippen molar-refractivity contribution in [3.63, 3.8) is 0 Å². The summed E-state index contributed by atoms with van der Waals surface area (Å²) in [5, 5.41) is 21.3. The van der Waals surface area contributed by atoms with Crippen molar-refractivity contribution in [1.82, 2.24) is 0 Å². The molecule has 1 unspecified atom stereocenters. The van der Waals surface area contributed by atoms with Crippen LogP contribution >= 0.6 is 47.8 Å². The lowest BCUT2D eigenvalue weighted by molar-refractivity contribution is -0.155. The Labute approximate surface area is 124 Å². The van der Waals surface area contributed by atoms with Gasteiger partial charge in [0.15, 0.2) is 5.60 Å². The number of hydrogen-bond acceptors (Lipinski definition) is 3. The first-order valence-electron chi connectivity index (χ1n) is 4.58. The molecule has 0 saturated carbocycles. The van der Waals surface area contributed by atoms with Gasteiger partial charge in [0.25, 0.3) is 0 Å². The molecule has 1 aromatic rings. The second kappa shape index (κ2) is 5.69. The summed E-state index contributed by atoms with van der Waals surface area (Å²) < 4.78 is 2.41. The topological polar surface area (TPSA) is 69.6 Å². The van der Waals surface area contributed by atoms with Gasteiger partial charge in [0.1, 0.15) is 0 Å². The van der Waals surface area contributed by atoms with E-state index in [1.165, 1.54) is 6.92 Å². The Morgan fingerprint density at radius 2 is 1.82 bits per heavy atom. The summed E-state index contributed by atoms with van der Waals surface area (Å²) >= 11 is 10.0. The molecule has 0 spiro atoms. The number of aliphatic carboxylic acids is 1.